The van der Waals surface area contributed by atoms with Gasteiger partial charge in [0, 0.05) is 22.8 Å². The van der Waals surface area contributed by atoms with Crippen LogP contribution >= 0.6 is 0 Å². The number of hydrogen-bond acceptors (Lipinski definition) is 3. The number of anilines is 1. The van der Waals surface area contributed by atoms with Crippen LogP contribution in [0.1, 0.15) is 25.5 Å². The second kappa shape index (κ2) is 4.39. The molecule has 0 radical (unpaired) electrons. The first-order valence-corrected chi connectivity index (χ1v) is 6.36. The summed E-state index contributed by atoms with van der Waals surface area (Å²) in [6, 6.07) is 9.97. The highest BCUT2D eigenvalue weighted by Crippen LogP contribution is 2.28. The van der Waals surface area contributed by atoms with E-state index in [2.05, 4.69) is 23.8 Å². The quantitative estimate of drug-likeness (QED) is 0.735. The summed E-state index contributed by atoms with van der Waals surface area (Å²) in [7, 11) is 0. The Morgan fingerprint density at radius 3 is 2.79 bits per heavy atom. The monoisotopic (exact) mass is 252 g/mol. The number of H-pyrrole nitrogens is 1. The van der Waals surface area contributed by atoms with Gasteiger partial charge in [0.25, 0.3) is 0 Å². The smallest absolute Gasteiger partial charge is 0.140 e. The highest BCUT2D eigenvalue weighted by Gasteiger charge is 2.10. The molecule has 4 nitrogen and oxygen atoms in total. The summed E-state index contributed by atoms with van der Waals surface area (Å²) in [5.74, 6) is 0.905. The van der Waals surface area contributed by atoms with Crippen LogP contribution in [0.15, 0.2) is 36.5 Å². The van der Waals surface area contributed by atoms with Crippen molar-refractivity contribution in [3.05, 3.63) is 42.2 Å². The topological polar surface area (TPSA) is 67.6 Å². The fourth-order valence-corrected chi connectivity index (χ4v) is 2.19. The van der Waals surface area contributed by atoms with Gasteiger partial charge in [0.2, 0.25) is 0 Å². The average Bonchev–Trinajstić information content (AvgIpc) is 2.85. The average molecular weight is 252 g/mol. The van der Waals surface area contributed by atoms with E-state index < -0.39 is 0 Å². The maximum Gasteiger partial charge on any atom is 0.140 e. The van der Waals surface area contributed by atoms with Crippen molar-refractivity contribution in [1.82, 2.24) is 15.0 Å². The van der Waals surface area contributed by atoms with Gasteiger partial charge in [0.05, 0.1) is 5.69 Å². The zero-order chi connectivity index (χ0) is 13.4. The van der Waals surface area contributed by atoms with Gasteiger partial charge in [-0.25, -0.2) is 4.98 Å². The Hall–Kier alpha value is -2.36. The molecule has 0 aliphatic rings. The van der Waals surface area contributed by atoms with E-state index in [4.69, 9.17) is 10.7 Å². The molecule has 3 aromatic rings. The highest BCUT2D eigenvalue weighted by molar-refractivity contribution is 5.93. The Kier molecular flexibility index (Phi) is 2.71. The molecule has 0 saturated heterocycles. The molecule has 0 fully saturated rings. The molecule has 96 valence electrons. The summed E-state index contributed by atoms with van der Waals surface area (Å²) in [6.45, 7) is 4.28. The maximum atomic E-state index is 5.86. The number of pyridine rings is 2. The van der Waals surface area contributed by atoms with Crippen molar-refractivity contribution in [2.24, 2.45) is 0 Å². The molecule has 3 heterocycles. The fraction of sp³-hybridized carbons (Fsp3) is 0.200. The van der Waals surface area contributed by atoms with Crippen molar-refractivity contribution in [3.63, 3.8) is 0 Å². The number of nitrogens with zero attached hydrogens (tertiary/aromatic N) is 2. The molecule has 0 aliphatic carbocycles. The van der Waals surface area contributed by atoms with Crippen LogP contribution in [-0.2, 0) is 0 Å². The number of hydrogen-bond donors (Lipinski definition) is 2. The largest absolute Gasteiger partial charge is 0.384 e. The minimum absolute atomic E-state index is 0.404. The van der Waals surface area contributed by atoms with Crippen molar-refractivity contribution < 1.29 is 0 Å². The Bertz CT molecular complexity index is 728. The lowest BCUT2D eigenvalue weighted by Gasteiger charge is -2.08. The Morgan fingerprint density at radius 2 is 2.00 bits per heavy atom. The molecule has 0 atom stereocenters. The number of aromatic nitrogens is 3. The van der Waals surface area contributed by atoms with Crippen molar-refractivity contribution in [1.29, 1.82) is 0 Å². The van der Waals surface area contributed by atoms with Gasteiger partial charge in [-0.3, -0.25) is 4.98 Å². The van der Waals surface area contributed by atoms with Gasteiger partial charge in [-0.15, -0.1) is 0 Å². The lowest BCUT2D eigenvalue weighted by atomic mass is 10.1. The number of nitrogens with one attached hydrogen (secondary N) is 1. The molecular formula is C15H16N4. The normalized spacial score (nSPS) is 11.3. The first-order valence-electron chi connectivity index (χ1n) is 6.36. The van der Waals surface area contributed by atoms with Gasteiger partial charge in [0.1, 0.15) is 11.5 Å². The van der Waals surface area contributed by atoms with E-state index in [1.165, 1.54) is 0 Å². The zero-order valence-corrected chi connectivity index (χ0v) is 11.0. The molecule has 0 amide bonds. The van der Waals surface area contributed by atoms with Gasteiger partial charge in [0.15, 0.2) is 0 Å². The number of fused-ring (bicyclic) bond motifs is 1. The third kappa shape index (κ3) is 2.05. The lowest BCUT2D eigenvalue weighted by molar-refractivity contribution is 0.825. The van der Waals surface area contributed by atoms with E-state index in [-0.39, 0.29) is 0 Å². The van der Waals surface area contributed by atoms with Gasteiger partial charge in [-0.2, -0.15) is 0 Å². The Balaban J connectivity index is 2.23. The third-order valence-corrected chi connectivity index (χ3v) is 3.19. The van der Waals surface area contributed by atoms with Crippen molar-refractivity contribution in [2.45, 2.75) is 19.8 Å². The first-order chi connectivity index (χ1) is 9.15. The minimum Gasteiger partial charge on any atom is -0.384 e. The zero-order valence-electron chi connectivity index (χ0n) is 11.0. The van der Waals surface area contributed by atoms with Crippen molar-refractivity contribution >= 4 is 16.9 Å². The van der Waals surface area contributed by atoms with Gasteiger partial charge in [-0.1, -0.05) is 19.9 Å². The molecule has 3 rings (SSSR count). The second-order valence-electron chi connectivity index (χ2n) is 4.94. The molecule has 3 N–H and O–H groups in total. The molecule has 4 heteroatoms. The maximum absolute atomic E-state index is 5.86. The van der Waals surface area contributed by atoms with E-state index in [9.17, 15) is 0 Å². The number of nitrogen functional groups attached to an aromatic ring is 1. The van der Waals surface area contributed by atoms with Crippen molar-refractivity contribution in [2.75, 3.05) is 5.73 Å². The Labute approximate surface area is 111 Å². The van der Waals surface area contributed by atoms with E-state index in [0.29, 0.717) is 11.7 Å². The van der Waals surface area contributed by atoms with E-state index in [1.54, 1.807) is 0 Å². The summed E-state index contributed by atoms with van der Waals surface area (Å²) in [6.07, 6.45) is 1.87. The summed E-state index contributed by atoms with van der Waals surface area (Å²) in [5, 5.41) is 1.04. The standard InChI is InChI=1S/C15H16N4/c1-9(2)12-4-3-5-13(18-12)11-8-14(16)19-15-10(11)6-7-17-15/h3-9H,1-2H3,(H3,16,17,19). The Morgan fingerprint density at radius 1 is 1.16 bits per heavy atom. The van der Waals surface area contributed by atoms with E-state index in [0.717, 1.165) is 28.0 Å². The molecule has 0 saturated carbocycles. The molecule has 0 aliphatic heterocycles. The number of rotatable bonds is 2. The molecule has 0 bridgehead atoms. The van der Waals surface area contributed by atoms with Crippen LogP contribution < -0.4 is 5.73 Å². The molecule has 19 heavy (non-hydrogen) atoms. The molecule has 0 spiro atoms. The van der Waals surface area contributed by atoms with E-state index in [1.807, 2.05) is 36.5 Å². The molecule has 0 unspecified atom stereocenters. The second-order valence-corrected chi connectivity index (χ2v) is 4.94. The van der Waals surface area contributed by atoms with Gasteiger partial charge >= 0.3 is 0 Å². The number of aromatic amines is 1. The van der Waals surface area contributed by atoms with Gasteiger partial charge in [-0.05, 0) is 30.2 Å². The van der Waals surface area contributed by atoms with Crippen LogP contribution in [0, 0.1) is 0 Å². The third-order valence-electron chi connectivity index (χ3n) is 3.19. The SMILES string of the molecule is CC(C)c1cccc(-c2cc(N)nc3[nH]ccc23)n1. The molecular weight excluding hydrogens is 236 g/mol. The van der Waals surface area contributed by atoms with Crippen LogP contribution in [0.4, 0.5) is 5.82 Å². The van der Waals surface area contributed by atoms with Crippen LogP contribution in [0.5, 0.6) is 0 Å². The summed E-state index contributed by atoms with van der Waals surface area (Å²) in [5.41, 5.74) is 9.69. The molecule has 0 aromatic carbocycles. The van der Waals surface area contributed by atoms with Crippen LogP contribution in [-0.4, -0.2) is 15.0 Å². The lowest BCUT2D eigenvalue weighted by Crippen LogP contribution is -1.96. The van der Waals surface area contributed by atoms with Gasteiger partial charge < -0.3 is 10.7 Å². The predicted octanol–water partition coefficient (Wildman–Crippen LogP) is 3.33. The van der Waals surface area contributed by atoms with Crippen molar-refractivity contribution in [3.8, 4) is 11.3 Å². The fourth-order valence-electron chi connectivity index (χ4n) is 2.19. The van der Waals surface area contributed by atoms with Crippen LogP contribution in [0.3, 0.4) is 0 Å². The predicted molar refractivity (Wildman–Crippen MR) is 77.8 cm³/mol. The first kappa shape index (κ1) is 11.7. The summed E-state index contributed by atoms with van der Waals surface area (Å²) in [4.78, 5) is 12.1. The van der Waals surface area contributed by atoms with Crippen LogP contribution in [0.25, 0.3) is 22.3 Å². The summed E-state index contributed by atoms with van der Waals surface area (Å²) >= 11 is 0. The molecule has 3 aromatic heterocycles. The number of nitrogens with two attached hydrogens (primary N) is 1. The van der Waals surface area contributed by atoms with Crippen LogP contribution in [0.2, 0.25) is 0 Å². The highest BCUT2D eigenvalue weighted by atomic mass is 14.9. The van der Waals surface area contributed by atoms with E-state index >= 15 is 0 Å². The minimum atomic E-state index is 0.404. The summed E-state index contributed by atoms with van der Waals surface area (Å²) < 4.78 is 0.